The molecule has 0 aliphatic carbocycles. The van der Waals surface area contributed by atoms with Gasteiger partial charge in [0.2, 0.25) is 11.8 Å². The normalized spacial score (nSPS) is 14.0. The molecule has 1 atom stereocenters. The maximum Gasteiger partial charge on any atom is 0.327 e. The van der Waals surface area contributed by atoms with Crippen molar-refractivity contribution in [3.05, 3.63) is 53.6 Å². The van der Waals surface area contributed by atoms with Gasteiger partial charge in [0, 0.05) is 30.5 Å². The molecule has 162 valence electrons. The first-order chi connectivity index (χ1) is 14.8. The number of hydrogen-bond acceptors (Lipinski definition) is 6. The summed E-state index contributed by atoms with van der Waals surface area (Å²) < 4.78 is 11.0. The van der Waals surface area contributed by atoms with Crippen LogP contribution in [-0.4, -0.2) is 35.1 Å². The number of aryl methyl sites for hydroxylation is 1. The van der Waals surface area contributed by atoms with E-state index in [2.05, 4.69) is 10.6 Å². The van der Waals surface area contributed by atoms with Gasteiger partial charge in [-0.15, -0.1) is 0 Å². The van der Waals surface area contributed by atoms with Crippen LogP contribution in [0.3, 0.4) is 0 Å². The number of carboxylic acids is 1. The maximum absolute atomic E-state index is 12.1. The van der Waals surface area contributed by atoms with Crippen LogP contribution in [0.25, 0.3) is 0 Å². The first kappa shape index (κ1) is 21.6. The van der Waals surface area contributed by atoms with Crippen LogP contribution in [0.5, 0.6) is 11.5 Å². The summed E-state index contributed by atoms with van der Waals surface area (Å²) in [5, 5.41) is 21.3. The fourth-order valence-electron chi connectivity index (χ4n) is 2.85. The van der Waals surface area contributed by atoms with E-state index in [1.165, 1.54) is 0 Å². The number of rotatable bonds is 9. The number of nitrogens with one attached hydrogen (secondary N) is 3. The van der Waals surface area contributed by atoms with Crippen LogP contribution in [0, 0.1) is 5.41 Å². The summed E-state index contributed by atoms with van der Waals surface area (Å²) in [5.74, 6) is -0.864. The van der Waals surface area contributed by atoms with E-state index in [1.807, 2.05) is 0 Å². The van der Waals surface area contributed by atoms with Gasteiger partial charge in [-0.05, 0) is 48.4 Å². The van der Waals surface area contributed by atoms with Crippen molar-refractivity contribution in [3.63, 3.8) is 0 Å². The summed E-state index contributed by atoms with van der Waals surface area (Å²) in [6.45, 7) is 0. The van der Waals surface area contributed by atoms with E-state index in [0.29, 0.717) is 29.2 Å². The third kappa shape index (κ3) is 6.20. The number of hydrogen-bond donors (Lipinski definition) is 5. The largest absolute Gasteiger partial charge is 0.481 e. The van der Waals surface area contributed by atoms with Crippen LogP contribution in [0.15, 0.2) is 42.5 Å². The summed E-state index contributed by atoms with van der Waals surface area (Å²) in [6, 6.07) is 11.5. The van der Waals surface area contributed by atoms with Crippen LogP contribution in [0.1, 0.15) is 30.4 Å². The Hall–Kier alpha value is -4.08. The fraction of sp³-hybridized carbons (Fsp3) is 0.238. The highest BCUT2D eigenvalue weighted by Gasteiger charge is 2.26. The van der Waals surface area contributed by atoms with Crippen molar-refractivity contribution in [2.45, 2.75) is 32.1 Å². The highest BCUT2D eigenvalue weighted by Crippen LogP contribution is 2.35. The second kappa shape index (κ2) is 9.61. The number of benzene rings is 2. The van der Waals surface area contributed by atoms with Gasteiger partial charge < -0.3 is 25.6 Å². The lowest BCUT2D eigenvalue weighted by molar-refractivity contribution is -0.137. The maximum atomic E-state index is 12.1. The lowest BCUT2D eigenvalue weighted by atomic mass is 10.1. The zero-order chi connectivity index (χ0) is 22.4. The Bertz CT molecular complexity index is 1010. The third-order valence-electron chi connectivity index (χ3n) is 4.44. The molecule has 0 radical (unpaired) electrons. The van der Waals surface area contributed by atoms with Gasteiger partial charge in [-0.3, -0.25) is 25.1 Å². The molecule has 0 spiro atoms. The van der Waals surface area contributed by atoms with E-state index in [4.69, 9.17) is 25.7 Å². The zero-order valence-corrected chi connectivity index (χ0v) is 16.5. The predicted octanol–water partition coefficient (Wildman–Crippen LogP) is 1.58. The number of nitrogen functional groups attached to an aromatic ring is 1. The van der Waals surface area contributed by atoms with E-state index in [-0.39, 0.29) is 31.0 Å². The Balaban J connectivity index is 1.42. The first-order valence-corrected chi connectivity index (χ1v) is 9.52. The Morgan fingerprint density at radius 2 is 1.65 bits per heavy atom. The zero-order valence-electron chi connectivity index (χ0n) is 16.5. The average molecular weight is 426 g/mol. The molecule has 1 aliphatic heterocycles. The molecule has 1 heterocycles. The summed E-state index contributed by atoms with van der Waals surface area (Å²) in [4.78, 5) is 34.8. The predicted molar refractivity (Wildman–Crippen MR) is 111 cm³/mol. The summed E-state index contributed by atoms with van der Waals surface area (Å²) in [6.07, 6.45) is -0.766. The number of amides is 2. The summed E-state index contributed by atoms with van der Waals surface area (Å²) in [7, 11) is 0. The highest BCUT2D eigenvalue weighted by molar-refractivity contribution is 5.96. The molecular formula is C21H22N4O6. The van der Waals surface area contributed by atoms with Crippen LogP contribution >= 0.6 is 0 Å². The number of fused-ring (bicyclic) bond motifs is 1. The fourth-order valence-corrected chi connectivity index (χ4v) is 2.85. The molecule has 10 nitrogen and oxygen atoms in total. The number of carboxylic acid groups (broad SMARTS) is 1. The monoisotopic (exact) mass is 426 g/mol. The standard InChI is InChI=1S/C21H22N4O6/c22-20(23)13-3-5-14(6-4-13)24-17(26)8-9-18(27)25-21-30-15-7-1-12(2-10-19(28)29)11-16(15)31-21/h1,3-7,11,21H,2,8-10H2,(H3,22,23)(H,24,26)(H,25,27)(H,28,29). The molecule has 10 heteroatoms. The minimum Gasteiger partial charge on any atom is -0.481 e. The van der Waals surface area contributed by atoms with Crippen LogP contribution in [0.4, 0.5) is 5.69 Å². The SMILES string of the molecule is N=C(N)c1ccc(NC(=O)CCC(=O)NC2Oc3ccc(CCC(=O)O)cc3O2)cc1. The van der Waals surface area contributed by atoms with Gasteiger partial charge in [0.05, 0.1) is 0 Å². The quantitative estimate of drug-likeness (QED) is 0.300. The molecule has 0 aromatic heterocycles. The van der Waals surface area contributed by atoms with Crippen molar-refractivity contribution >= 4 is 29.3 Å². The third-order valence-corrected chi connectivity index (χ3v) is 4.44. The lowest BCUT2D eigenvalue weighted by Crippen LogP contribution is -2.40. The number of amidine groups is 1. The Morgan fingerprint density at radius 1 is 0.968 bits per heavy atom. The van der Waals surface area contributed by atoms with Gasteiger partial charge >= 0.3 is 12.4 Å². The second-order valence-electron chi connectivity index (χ2n) is 6.85. The van der Waals surface area contributed by atoms with Gasteiger partial charge in [0.15, 0.2) is 11.5 Å². The van der Waals surface area contributed by atoms with Crippen molar-refractivity contribution in [1.29, 1.82) is 5.41 Å². The van der Waals surface area contributed by atoms with Gasteiger partial charge in [-0.1, -0.05) is 6.07 Å². The minimum absolute atomic E-state index is 0.00272. The number of nitrogens with two attached hydrogens (primary N) is 1. The van der Waals surface area contributed by atoms with E-state index in [0.717, 1.165) is 5.56 Å². The molecule has 0 fully saturated rings. The van der Waals surface area contributed by atoms with E-state index < -0.39 is 18.3 Å². The Kier molecular flexibility index (Phi) is 6.71. The smallest absolute Gasteiger partial charge is 0.327 e. The molecule has 31 heavy (non-hydrogen) atoms. The first-order valence-electron chi connectivity index (χ1n) is 9.52. The van der Waals surface area contributed by atoms with Crippen molar-refractivity contribution in [3.8, 4) is 11.5 Å². The topological polar surface area (TPSA) is 164 Å². The lowest BCUT2D eigenvalue weighted by Gasteiger charge is -2.12. The number of ether oxygens (including phenoxy) is 2. The van der Waals surface area contributed by atoms with E-state index in [9.17, 15) is 14.4 Å². The molecule has 0 saturated carbocycles. The second-order valence-corrected chi connectivity index (χ2v) is 6.85. The molecule has 2 amide bonds. The summed E-state index contributed by atoms with van der Waals surface area (Å²) >= 11 is 0. The average Bonchev–Trinajstić information content (AvgIpc) is 3.12. The number of aliphatic carboxylic acids is 1. The van der Waals surface area contributed by atoms with E-state index in [1.54, 1.807) is 42.5 Å². The number of anilines is 1. The van der Waals surface area contributed by atoms with Crippen LogP contribution in [0.2, 0.25) is 0 Å². The molecule has 6 N–H and O–H groups in total. The molecule has 2 aromatic rings. The van der Waals surface area contributed by atoms with Crippen molar-refractivity contribution < 1.29 is 29.0 Å². The number of carbonyl (C=O) groups is 3. The van der Waals surface area contributed by atoms with Crippen molar-refractivity contribution in [2.75, 3.05) is 5.32 Å². The molecule has 0 bridgehead atoms. The molecule has 3 rings (SSSR count). The van der Waals surface area contributed by atoms with Gasteiger partial charge in [0.25, 0.3) is 0 Å². The van der Waals surface area contributed by atoms with Crippen molar-refractivity contribution in [2.24, 2.45) is 5.73 Å². The van der Waals surface area contributed by atoms with Gasteiger partial charge in [0.1, 0.15) is 5.84 Å². The minimum atomic E-state index is -1.01. The van der Waals surface area contributed by atoms with Crippen molar-refractivity contribution in [1.82, 2.24) is 5.32 Å². The van der Waals surface area contributed by atoms with Gasteiger partial charge in [-0.2, -0.15) is 0 Å². The molecular weight excluding hydrogens is 404 g/mol. The highest BCUT2D eigenvalue weighted by atomic mass is 16.7. The van der Waals surface area contributed by atoms with Crippen LogP contribution < -0.4 is 25.8 Å². The van der Waals surface area contributed by atoms with Crippen LogP contribution in [-0.2, 0) is 20.8 Å². The van der Waals surface area contributed by atoms with Gasteiger partial charge in [-0.25, -0.2) is 0 Å². The Labute approximate surface area is 177 Å². The summed E-state index contributed by atoms with van der Waals surface area (Å²) in [5.41, 5.74) is 7.24. The molecule has 1 unspecified atom stereocenters. The Morgan fingerprint density at radius 3 is 2.32 bits per heavy atom. The molecule has 2 aromatic carbocycles. The molecule has 1 aliphatic rings. The van der Waals surface area contributed by atoms with E-state index >= 15 is 0 Å². The molecule has 0 saturated heterocycles. The number of carbonyl (C=O) groups excluding carboxylic acids is 2.